The topological polar surface area (TPSA) is 56.7 Å². The lowest BCUT2D eigenvalue weighted by molar-refractivity contribution is 0.161. The second-order valence-electron chi connectivity index (χ2n) is 7.59. The van der Waals surface area contributed by atoms with Crippen LogP contribution in [-0.2, 0) is 11.8 Å². The SMILES string of the molecule is [C-]#[N+]c1cccc([C@@H](C)N=c2nc(C)n(C)c3cnc(C4=CCOCC4)cc23)c1C. The van der Waals surface area contributed by atoms with E-state index in [0.29, 0.717) is 17.8 Å². The van der Waals surface area contributed by atoms with Gasteiger partial charge in [-0.15, -0.1) is 0 Å². The minimum Gasteiger partial charge on any atom is -0.377 e. The Balaban J connectivity index is 1.90. The lowest BCUT2D eigenvalue weighted by Gasteiger charge is -2.16. The van der Waals surface area contributed by atoms with Crippen molar-refractivity contribution in [1.29, 1.82) is 0 Å². The molecule has 152 valence electrons. The fraction of sp³-hybridized carbons (Fsp3) is 0.333. The third-order valence-electron chi connectivity index (χ3n) is 5.76. The van der Waals surface area contributed by atoms with Crippen LogP contribution in [0, 0.1) is 20.4 Å². The van der Waals surface area contributed by atoms with Gasteiger partial charge >= 0.3 is 0 Å². The zero-order valence-electron chi connectivity index (χ0n) is 17.8. The van der Waals surface area contributed by atoms with Crippen LogP contribution in [0.15, 0.2) is 41.5 Å². The van der Waals surface area contributed by atoms with Crippen molar-refractivity contribution in [2.75, 3.05) is 13.2 Å². The Morgan fingerprint density at radius 3 is 2.87 bits per heavy atom. The van der Waals surface area contributed by atoms with Crippen molar-refractivity contribution >= 4 is 22.2 Å². The highest BCUT2D eigenvalue weighted by atomic mass is 16.5. The average Bonchev–Trinajstić information content (AvgIpc) is 2.77. The van der Waals surface area contributed by atoms with E-state index < -0.39 is 0 Å². The molecule has 3 heterocycles. The molecule has 0 fully saturated rings. The van der Waals surface area contributed by atoms with Gasteiger partial charge in [-0.05, 0) is 50.0 Å². The summed E-state index contributed by atoms with van der Waals surface area (Å²) in [6.07, 6.45) is 4.86. The number of hydrogen-bond acceptors (Lipinski definition) is 4. The van der Waals surface area contributed by atoms with Crippen molar-refractivity contribution in [3.05, 3.63) is 76.1 Å². The van der Waals surface area contributed by atoms with E-state index in [2.05, 4.69) is 23.9 Å². The Morgan fingerprint density at radius 2 is 2.13 bits per heavy atom. The summed E-state index contributed by atoms with van der Waals surface area (Å²) in [5.74, 6) is 0.875. The van der Waals surface area contributed by atoms with E-state index in [1.54, 1.807) is 0 Å². The number of benzene rings is 1. The van der Waals surface area contributed by atoms with Gasteiger partial charge in [0.05, 0.1) is 43.2 Å². The molecule has 6 heteroatoms. The molecule has 0 amide bonds. The molecule has 0 radical (unpaired) electrons. The summed E-state index contributed by atoms with van der Waals surface area (Å²) in [4.78, 5) is 18.1. The molecule has 1 aromatic carbocycles. The van der Waals surface area contributed by atoms with Crippen molar-refractivity contribution in [2.24, 2.45) is 12.0 Å². The molecule has 1 atom stereocenters. The zero-order chi connectivity index (χ0) is 21.3. The van der Waals surface area contributed by atoms with Gasteiger partial charge in [-0.3, -0.25) is 9.98 Å². The van der Waals surface area contributed by atoms with E-state index in [9.17, 15) is 0 Å². The molecule has 1 aliphatic heterocycles. The van der Waals surface area contributed by atoms with Crippen LogP contribution < -0.4 is 5.49 Å². The summed E-state index contributed by atoms with van der Waals surface area (Å²) in [5, 5.41) is 0.978. The molecule has 0 aliphatic carbocycles. The zero-order valence-corrected chi connectivity index (χ0v) is 17.8. The fourth-order valence-electron chi connectivity index (χ4n) is 3.86. The third-order valence-corrected chi connectivity index (χ3v) is 5.76. The predicted octanol–water partition coefficient (Wildman–Crippen LogP) is 4.60. The Labute approximate surface area is 176 Å². The number of nitrogens with zero attached hydrogens (tertiary/aromatic N) is 5. The highest BCUT2D eigenvalue weighted by Crippen LogP contribution is 2.28. The molecule has 1 aliphatic rings. The molecule has 0 spiro atoms. The van der Waals surface area contributed by atoms with E-state index in [0.717, 1.165) is 46.6 Å². The monoisotopic (exact) mass is 399 g/mol. The van der Waals surface area contributed by atoms with Crippen molar-refractivity contribution < 1.29 is 4.74 Å². The van der Waals surface area contributed by atoms with Gasteiger partial charge in [0.1, 0.15) is 5.82 Å². The van der Waals surface area contributed by atoms with Crippen LogP contribution >= 0.6 is 0 Å². The second kappa shape index (κ2) is 8.21. The molecule has 3 aromatic rings. The first kappa shape index (κ1) is 20.0. The number of pyridine rings is 1. The predicted molar refractivity (Wildman–Crippen MR) is 118 cm³/mol. The van der Waals surface area contributed by atoms with Gasteiger partial charge in [-0.25, -0.2) is 9.83 Å². The van der Waals surface area contributed by atoms with Crippen molar-refractivity contribution in [2.45, 2.75) is 33.2 Å². The lowest BCUT2D eigenvalue weighted by Crippen LogP contribution is -2.18. The highest BCUT2D eigenvalue weighted by molar-refractivity contribution is 5.81. The van der Waals surface area contributed by atoms with Gasteiger partial charge in [-0.2, -0.15) is 0 Å². The molecule has 0 saturated heterocycles. The second-order valence-corrected chi connectivity index (χ2v) is 7.59. The first-order chi connectivity index (χ1) is 14.5. The normalized spacial score (nSPS) is 15.7. The van der Waals surface area contributed by atoms with E-state index in [1.165, 1.54) is 5.57 Å². The number of fused-ring (bicyclic) bond motifs is 1. The Bertz CT molecular complexity index is 1260. The first-order valence-electron chi connectivity index (χ1n) is 10.1. The van der Waals surface area contributed by atoms with Crippen LogP contribution in [-0.4, -0.2) is 27.7 Å². The van der Waals surface area contributed by atoms with Crippen LogP contribution in [0.25, 0.3) is 21.3 Å². The summed E-state index contributed by atoms with van der Waals surface area (Å²) in [7, 11) is 2.00. The number of aryl methyl sites for hydroxylation is 2. The van der Waals surface area contributed by atoms with Crippen LogP contribution in [0.5, 0.6) is 0 Å². The first-order valence-corrected chi connectivity index (χ1v) is 10.1. The van der Waals surface area contributed by atoms with Crippen LogP contribution in [0.1, 0.15) is 42.0 Å². The van der Waals surface area contributed by atoms with Gasteiger partial charge in [-0.1, -0.05) is 24.3 Å². The van der Waals surface area contributed by atoms with E-state index in [-0.39, 0.29) is 6.04 Å². The number of rotatable bonds is 3. The van der Waals surface area contributed by atoms with Gasteiger partial charge in [0.15, 0.2) is 11.2 Å². The van der Waals surface area contributed by atoms with Crippen molar-refractivity contribution in [1.82, 2.24) is 14.5 Å². The Hall–Kier alpha value is -3.30. The fourth-order valence-corrected chi connectivity index (χ4v) is 3.86. The maximum Gasteiger partial charge on any atom is 0.190 e. The minimum atomic E-state index is -0.117. The van der Waals surface area contributed by atoms with Gasteiger partial charge in [0, 0.05) is 12.4 Å². The smallest absolute Gasteiger partial charge is 0.190 e. The summed E-state index contributed by atoms with van der Waals surface area (Å²) < 4.78 is 7.48. The molecule has 0 N–H and O–H groups in total. The van der Waals surface area contributed by atoms with Gasteiger partial charge in [0.25, 0.3) is 0 Å². The van der Waals surface area contributed by atoms with Crippen molar-refractivity contribution in [3.8, 4) is 0 Å². The quantitative estimate of drug-likeness (QED) is 0.605. The largest absolute Gasteiger partial charge is 0.377 e. The number of aromatic nitrogens is 3. The number of ether oxygens (including phenoxy) is 1. The molecule has 6 nitrogen and oxygen atoms in total. The molecule has 4 rings (SSSR count). The molecule has 0 unspecified atom stereocenters. The molecule has 0 saturated carbocycles. The summed E-state index contributed by atoms with van der Waals surface area (Å²) >= 11 is 0. The Morgan fingerprint density at radius 1 is 1.30 bits per heavy atom. The van der Waals surface area contributed by atoms with Crippen molar-refractivity contribution in [3.63, 3.8) is 0 Å². The van der Waals surface area contributed by atoms with Gasteiger partial charge < -0.3 is 9.30 Å². The maximum absolute atomic E-state index is 7.38. The highest BCUT2D eigenvalue weighted by Gasteiger charge is 2.14. The van der Waals surface area contributed by atoms with Crippen LogP contribution in [0.4, 0.5) is 5.69 Å². The maximum atomic E-state index is 7.38. The van der Waals surface area contributed by atoms with Crippen LogP contribution in [0.2, 0.25) is 0 Å². The summed E-state index contributed by atoms with van der Waals surface area (Å²) in [5.41, 5.74) is 6.54. The number of hydrogen-bond donors (Lipinski definition) is 0. The Kier molecular flexibility index (Phi) is 5.47. The summed E-state index contributed by atoms with van der Waals surface area (Å²) in [6, 6.07) is 7.78. The standard InChI is InChI=1S/C24H25N5O/c1-15-19(7-6-8-21(15)25-4)16(2)27-24-20-13-22(18-9-11-30-12-10-18)26-14-23(20)29(5)17(3)28-24/h6-9,13-14,16H,10-12H2,1-3,5H3/t16-/m1/s1. The van der Waals surface area contributed by atoms with Gasteiger partial charge in [0.2, 0.25) is 0 Å². The van der Waals surface area contributed by atoms with E-state index >= 15 is 0 Å². The van der Waals surface area contributed by atoms with Crippen LogP contribution in [0.3, 0.4) is 0 Å². The van der Waals surface area contributed by atoms with E-state index in [4.69, 9.17) is 26.3 Å². The molecular weight excluding hydrogens is 374 g/mol. The molecule has 30 heavy (non-hydrogen) atoms. The average molecular weight is 399 g/mol. The third kappa shape index (κ3) is 3.64. The summed E-state index contributed by atoms with van der Waals surface area (Å²) in [6.45, 7) is 14.7. The lowest BCUT2D eigenvalue weighted by atomic mass is 10.0. The van der Waals surface area contributed by atoms with E-state index in [1.807, 2.05) is 49.9 Å². The molecule has 2 aromatic heterocycles. The molecular formula is C24H25N5O. The minimum absolute atomic E-state index is 0.117. The molecule has 0 bridgehead atoms.